The lowest BCUT2D eigenvalue weighted by atomic mass is 10.2. The Morgan fingerprint density at radius 3 is 2.75 bits per heavy atom. The predicted molar refractivity (Wildman–Crippen MR) is 76.2 cm³/mol. The molecule has 0 aliphatic carbocycles. The minimum absolute atomic E-state index is 0.269. The van der Waals surface area contributed by atoms with Crippen molar-refractivity contribution in [3.8, 4) is 0 Å². The molecule has 7 nitrogen and oxygen atoms in total. The minimum Gasteiger partial charge on any atom is -0.338 e. The molecule has 0 saturated heterocycles. The molecule has 2 N–H and O–H groups in total. The summed E-state index contributed by atoms with van der Waals surface area (Å²) in [6.07, 6.45) is 1.01. The van der Waals surface area contributed by atoms with E-state index in [1.54, 1.807) is 0 Å². The van der Waals surface area contributed by atoms with Crippen LogP contribution in [0.4, 0.5) is 0 Å². The smallest absolute Gasteiger partial charge is 0.237 e. The summed E-state index contributed by atoms with van der Waals surface area (Å²) in [5.74, 6) is 3.01. The van der Waals surface area contributed by atoms with E-state index in [0.29, 0.717) is 18.2 Å². The Bertz CT molecular complexity index is 550. The number of hydrogen-bond donors (Lipinski definition) is 1. The van der Waals surface area contributed by atoms with Gasteiger partial charge >= 0.3 is 0 Å². The fourth-order valence-electron chi connectivity index (χ4n) is 1.71. The summed E-state index contributed by atoms with van der Waals surface area (Å²) in [6, 6.07) is 0. The second-order valence-corrected chi connectivity index (χ2v) is 5.69. The van der Waals surface area contributed by atoms with Gasteiger partial charge in [0.2, 0.25) is 5.89 Å². The van der Waals surface area contributed by atoms with Gasteiger partial charge in [-0.15, -0.1) is 10.2 Å². The normalized spacial score (nSPS) is 11.4. The quantitative estimate of drug-likeness (QED) is 0.780. The summed E-state index contributed by atoms with van der Waals surface area (Å²) in [4.78, 5) is 4.35. The lowest BCUT2D eigenvalue weighted by Crippen LogP contribution is -2.09. The third kappa shape index (κ3) is 3.37. The highest BCUT2D eigenvalue weighted by molar-refractivity contribution is 7.98. The van der Waals surface area contributed by atoms with Crippen LogP contribution in [0.2, 0.25) is 0 Å². The van der Waals surface area contributed by atoms with Crippen molar-refractivity contribution in [2.24, 2.45) is 5.73 Å². The molecule has 0 aliphatic rings. The third-order valence-electron chi connectivity index (χ3n) is 2.75. The van der Waals surface area contributed by atoms with Crippen molar-refractivity contribution in [3.05, 3.63) is 17.5 Å². The van der Waals surface area contributed by atoms with Crippen LogP contribution < -0.4 is 5.73 Å². The van der Waals surface area contributed by atoms with Gasteiger partial charge in [0.1, 0.15) is 5.82 Å². The molecule has 0 aromatic carbocycles. The van der Waals surface area contributed by atoms with Gasteiger partial charge in [0.25, 0.3) is 0 Å². The Balaban J connectivity index is 2.04. The molecule has 0 amide bonds. The highest BCUT2D eigenvalue weighted by atomic mass is 32.2. The highest BCUT2D eigenvalue weighted by Crippen LogP contribution is 2.22. The molecule has 0 radical (unpaired) electrons. The van der Waals surface area contributed by atoms with Crippen LogP contribution in [0, 0.1) is 0 Å². The maximum absolute atomic E-state index is 5.66. The van der Waals surface area contributed by atoms with E-state index in [-0.39, 0.29) is 5.92 Å². The maximum atomic E-state index is 5.66. The summed E-state index contributed by atoms with van der Waals surface area (Å²) in [7, 11) is 0. The molecular formula is C12H20N6OS. The van der Waals surface area contributed by atoms with E-state index in [9.17, 15) is 0 Å². The molecule has 0 bridgehead atoms. The lowest BCUT2D eigenvalue weighted by Gasteiger charge is -2.06. The average molecular weight is 296 g/mol. The molecule has 8 heteroatoms. The predicted octanol–water partition coefficient (Wildman–Crippen LogP) is 1.95. The molecule has 0 spiro atoms. The topological polar surface area (TPSA) is 95.7 Å². The van der Waals surface area contributed by atoms with E-state index >= 15 is 0 Å². The van der Waals surface area contributed by atoms with Crippen LogP contribution in [0.25, 0.3) is 0 Å². The molecule has 2 rings (SSSR count). The largest absolute Gasteiger partial charge is 0.338 e. The zero-order valence-electron chi connectivity index (χ0n) is 12.0. The number of nitrogens with two attached hydrogens (primary N) is 1. The highest BCUT2D eigenvalue weighted by Gasteiger charge is 2.14. The monoisotopic (exact) mass is 296 g/mol. The van der Waals surface area contributed by atoms with Crippen molar-refractivity contribution >= 4 is 11.8 Å². The van der Waals surface area contributed by atoms with Crippen molar-refractivity contribution < 1.29 is 4.52 Å². The number of rotatable bonds is 7. The first-order valence-electron chi connectivity index (χ1n) is 6.73. The van der Waals surface area contributed by atoms with Gasteiger partial charge in [-0.3, -0.25) is 0 Å². The van der Waals surface area contributed by atoms with Gasteiger partial charge in [-0.2, -0.15) is 4.98 Å². The summed E-state index contributed by atoms with van der Waals surface area (Å²) in [5, 5.41) is 13.1. The molecule has 110 valence electrons. The molecule has 0 atom stereocenters. The molecule has 0 unspecified atom stereocenters. The number of aromatic nitrogens is 5. The second-order valence-electron chi connectivity index (χ2n) is 4.74. The molecule has 0 aliphatic heterocycles. The van der Waals surface area contributed by atoms with E-state index in [1.165, 1.54) is 11.8 Å². The molecule has 0 fully saturated rings. The Kier molecular flexibility index (Phi) is 5.13. The van der Waals surface area contributed by atoms with Crippen molar-refractivity contribution in [2.75, 3.05) is 0 Å². The summed E-state index contributed by atoms with van der Waals surface area (Å²) < 4.78 is 7.26. The first kappa shape index (κ1) is 15.0. The molecule has 20 heavy (non-hydrogen) atoms. The van der Waals surface area contributed by atoms with Gasteiger partial charge in [-0.05, 0) is 6.42 Å². The Morgan fingerprint density at radius 1 is 1.35 bits per heavy atom. The van der Waals surface area contributed by atoms with Crippen molar-refractivity contribution in [1.29, 1.82) is 0 Å². The summed E-state index contributed by atoms with van der Waals surface area (Å²) in [5.41, 5.74) is 5.66. The SMILES string of the molecule is CCCn1c(CN)nnc1SCc1nc(C(C)C)no1. The van der Waals surface area contributed by atoms with Crippen LogP contribution in [-0.4, -0.2) is 24.9 Å². The van der Waals surface area contributed by atoms with Gasteiger partial charge in [0.05, 0.1) is 12.3 Å². The van der Waals surface area contributed by atoms with Crippen LogP contribution in [-0.2, 0) is 18.8 Å². The minimum atomic E-state index is 0.269. The van der Waals surface area contributed by atoms with Crippen LogP contribution in [0.3, 0.4) is 0 Å². The Hall–Kier alpha value is -1.41. The van der Waals surface area contributed by atoms with Crippen LogP contribution in [0.15, 0.2) is 9.68 Å². The average Bonchev–Trinajstić information content (AvgIpc) is 3.03. The van der Waals surface area contributed by atoms with Gasteiger partial charge in [-0.25, -0.2) is 0 Å². The fraction of sp³-hybridized carbons (Fsp3) is 0.667. The first-order valence-corrected chi connectivity index (χ1v) is 7.71. The zero-order valence-corrected chi connectivity index (χ0v) is 12.9. The molecule has 2 aromatic heterocycles. The first-order chi connectivity index (χ1) is 9.65. The van der Waals surface area contributed by atoms with Gasteiger partial charge in [-0.1, -0.05) is 37.7 Å². The van der Waals surface area contributed by atoms with E-state index < -0.39 is 0 Å². The zero-order chi connectivity index (χ0) is 14.5. The number of nitrogens with zero attached hydrogens (tertiary/aromatic N) is 5. The Labute approximate surface area is 122 Å². The molecule has 2 heterocycles. The van der Waals surface area contributed by atoms with Crippen LogP contribution >= 0.6 is 11.8 Å². The van der Waals surface area contributed by atoms with Crippen LogP contribution in [0.5, 0.6) is 0 Å². The van der Waals surface area contributed by atoms with Gasteiger partial charge < -0.3 is 14.8 Å². The van der Waals surface area contributed by atoms with Crippen LogP contribution in [0.1, 0.15) is 50.6 Å². The molecule has 0 saturated carbocycles. The van der Waals surface area contributed by atoms with E-state index in [0.717, 1.165) is 29.8 Å². The second kappa shape index (κ2) is 6.85. The van der Waals surface area contributed by atoms with Crippen molar-refractivity contribution in [3.63, 3.8) is 0 Å². The number of hydrogen-bond acceptors (Lipinski definition) is 7. The van der Waals surface area contributed by atoms with E-state index in [4.69, 9.17) is 10.3 Å². The van der Waals surface area contributed by atoms with Crippen molar-refractivity contribution in [1.82, 2.24) is 24.9 Å². The molecular weight excluding hydrogens is 276 g/mol. The Morgan fingerprint density at radius 2 is 2.15 bits per heavy atom. The van der Waals surface area contributed by atoms with E-state index in [2.05, 4.69) is 27.3 Å². The van der Waals surface area contributed by atoms with Gasteiger partial charge in [0, 0.05) is 12.5 Å². The third-order valence-corrected chi connectivity index (χ3v) is 3.70. The van der Waals surface area contributed by atoms with Gasteiger partial charge in [0.15, 0.2) is 11.0 Å². The lowest BCUT2D eigenvalue weighted by molar-refractivity contribution is 0.382. The molecule has 2 aromatic rings. The van der Waals surface area contributed by atoms with Crippen molar-refractivity contribution in [2.45, 2.75) is 57.1 Å². The number of thioether (sulfide) groups is 1. The summed E-state index contributed by atoms with van der Waals surface area (Å²) >= 11 is 1.54. The fourth-order valence-corrected chi connectivity index (χ4v) is 2.53. The maximum Gasteiger partial charge on any atom is 0.237 e. The standard InChI is InChI=1S/C12H20N6OS/c1-4-5-18-9(6-13)15-16-12(18)20-7-10-14-11(8(2)3)17-19-10/h8H,4-7,13H2,1-3H3. The van der Waals surface area contributed by atoms with E-state index in [1.807, 2.05) is 18.4 Å². The summed E-state index contributed by atoms with van der Waals surface area (Å²) in [6.45, 7) is 7.44.